The molecule has 3 nitrogen and oxygen atoms in total. The molecule has 5 heteroatoms. The highest BCUT2D eigenvalue weighted by atomic mass is 32.1. The largest absolute Gasteiger partial charge is 0.384 e. The molecule has 0 saturated carbocycles. The minimum atomic E-state index is -1.07. The van der Waals surface area contributed by atoms with E-state index in [2.05, 4.69) is 5.32 Å². The summed E-state index contributed by atoms with van der Waals surface area (Å²) in [5.74, 6) is -0.567. The van der Waals surface area contributed by atoms with Gasteiger partial charge in [0.1, 0.15) is 23.1 Å². The van der Waals surface area contributed by atoms with E-state index < -0.39 is 11.4 Å². The maximum absolute atomic E-state index is 13.4. The van der Waals surface area contributed by atoms with E-state index >= 15 is 0 Å². The van der Waals surface area contributed by atoms with Crippen LogP contribution in [0.3, 0.4) is 0 Å². The number of nitrogens with zero attached hydrogens (tertiary/aromatic N) is 1. The van der Waals surface area contributed by atoms with E-state index in [1.54, 1.807) is 13.0 Å². The number of hydrogen-bond donors (Lipinski definition) is 2. The molecule has 0 aliphatic carbocycles. The second kappa shape index (κ2) is 5.39. The van der Waals surface area contributed by atoms with Crippen LogP contribution in [0.25, 0.3) is 0 Å². The fourth-order valence-corrected chi connectivity index (χ4v) is 2.51. The van der Waals surface area contributed by atoms with Gasteiger partial charge in [0, 0.05) is 6.54 Å². The maximum atomic E-state index is 13.4. The molecule has 0 unspecified atom stereocenters. The van der Waals surface area contributed by atoms with Gasteiger partial charge < -0.3 is 10.4 Å². The summed E-state index contributed by atoms with van der Waals surface area (Å²) in [5.41, 5.74) is 0.0699. The monoisotopic (exact) mass is 276 g/mol. The molecule has 2 aromatic rings. The van der Waals surface area contributed by atoms with Crippen molar-refractivity contribution in [1.29, 1.82) is 5.26 Å². The Morgan fingerprint density at radius 2 is 2.26 bits per heavy atom. The van der Waals surface area contributed by atoms with E-state index in [-0.39, 0.29) is 12.1 Å². The molecule has 0 aliphatic heterocycles. The van der Waals surface area contributed by atoms with Crippen LogP contribution in [0, 0.1) is 17.1 Å². The molecule has 1 atom stereocenters. The maximum Gasteiger partial charge on any atom is 0.143 e. The van der Waals surface area contributed by atoms with Gasteiger partial charge in [-0.1, -0.05) is 6.07 Å². The number of anilines is 1. The smallest absolute Gasteiger partial charge is 0.143 e. The molecule has 0 radical (unpaired) electrons. The second-order valence-corrected chi connectivity index (χ2v) is 5.19. The number of benzene rings is 1. The number of nitriles is 1. The lowest BCUT2D eigenvalue weighted by atomic mass is 9.99. The average Bonchev–Trinajstić information content (AvgIpc) is 2.91. The highest BCUT2D eigenvalue weighted by molar-refractivity contribution is 7.08. The minimum absolute atomic E-state index is 0.0383. The van der Waals surface area contributed by atoms with E-state index in [9.17, 15) is 9.50 Å². The Morgan fingerprint density at radius 3 is 2.89 bits per heavy atom. The molecule has 1 heterocycles. The topological polar surface area (TPSA) is 56.0 Å². The van der Waals surface area contributed by atoms with Crippen LogP contribution in [-0.4, -0.2) is 11.7 Å². The van der Waals surface area contributed by atoms with Crippen LogP contribution in [0.4, 0.5) is 10.1 Å². The number of hydrogen-bond acceptors (Lipinski definition) is 4. The van der Waals surface area contributed by atoms with Gasteiger partial charge in [-0.15, -0.1) is 0 Å². The summed E-state index contributed by atoms with van der Waals surface area (Å²) in [6.07, 6.45) is 0. The zero-order chi connectivity index (χ0) is 13.9. The summed E-state index contributed by atoms with van der Waals surface area (Å²) in [4.78, 5) is 0. The van der Waals surface area contributed by atoms with Gasteiger partial charge in [0.15, 0.2) is 0 Å². The predicted molar refractivity (Wildman–Crippen MR) is 73.5 cm³/mol. The molecular formula is C14H13FN2OS. The van der Waals surface area contributed by atoms with Crippen molar-refractivity contribution in [3.8, 4) is 6.07 Å². The average molecular weight is 276 g/mol. The van der Waals surface area contributed by atoms with Gasteiger partial charge in [0.05, 0.1) is 5.69 Å². The molecule has 0 fully saturated rings. The quantitative estimate of drug-likeness (QED) is 0.902. The Balaban J connectivity index is 2.16. The first kappa shape index (κ1) is 13.5. The van der Waals surface area contributed by atoms with Crippen molar-refractivity contribution in [2.45, 2.75) is 12.5 Å². The third kappa shape index (κ3) is 2.92. The van der Waals surface area contributed by atoms with Gasteiger partial charge in [0.25, 0.3) is 0 Å². The van der Waals surface area contributed by atoms with Crippen molar-refractivity contribution in [2.75, 3.05) is 11.9 Å². The summed E-state index contributed by atoms with van der Waals surface area (Å²) in [7, 11) is 0. The van der Waals surface area contributed by atoms with Crippen LogP contribution in [0.15, 0.2) is 35.0 Å². The van der Waals surface area contributed by atoms with Gasteiger partial charge in [-0.3, -0.25) is 0 Å². The number of thiophene rings is 1. The molecule has 0 saturated heterocycles. The van der Waals surface area contributed by atoms with Crippen LogP contribution in [0.1, 0.15) is 18.1 Å². The molecule has 0 aliphatic rings. The molecule has 0 amide bonds. The predicted octanol–water partition coefficient (Wildman–Crippen LogP) is 3.08. The lowest BCUT2D eigenvalue weighted by molar-refractivity contribution is 0.0720. The molecule has 2 N–H and O–H groups in total. The van der Waals surface area contributed by atoms with Crippen LogP contribution < -0.4 is 5.32 Å². The van der Waals surface area contributed by atoms with E-state index in [1.807, 2.05) is 22.9 Å². The zero-order valence-corrected chi connectivity index (χ0v) is 11.2. The summed E-state index contributed by atoms with van der Waals surface area (Å²) in [5, 5.41) is 25.9. The molecule has 1 aromatic heterocycles. The SMILES string of the molecule is C[C@@](O)(CNc1cccc(F)c1C#N)c1ccsc1. The highest BCUT2D eigenvalue weighted by Crippen LogP contribution is 2.25. The van der Waals surface area contributed by atoms with Crippen LogP contribution in [0.5, 0.6) is 0 Å². The van der Waals surface area contributed by atoms with Crippen molar-refractivity contribution < 1.29 is 9.50 Å². The Kier molecular flexibility index (Phi) is 3.84. The third-order valence-electron chi connectivity index (χ3n) is 2.89. The molecule has 1 aromatic carbocycles. The third-order valence-corrected chi connectivity index (χ3v) is 3.57. The van der Waals surface area contributed by atoms with Crippen molar-refractivity contribution in [1.82, 2.24) is 0 Å². The fraction of sp³-hybridized carbons (Fsp3) is 0.214. The van der Waals surface area contributed by atoms with Crippen LogP contribution in [0.2, 0.25) is 0 Å². The fourth-order valence-electron chi connectivity index (χ4n) is 1.73. The standard InChI is InChI=1S/C14H13FN2OS/c1-14(18,10-5-6-19-8-10)9-17-13-4-2-3-12(15)11(13)7-16/h2-6,8,17-18H,9H2,1H3/t14-/m1/s1. The van der Waals surface area contributed by atoms with Crippen molar-refractivity contribution in [2.24, 2.45) is 0 Å². The van der Waals surface area contributed by atoms with Gasteiger partial charge in [-0.2, -0.15) is 16.6 Å². The van der Waals surface area contributed by atoms with Crippen molar-refractivity contribution >= 4 is 17.0 Å². The zero-order valence-electron chi connectivity index (χ0n) is 10.4. The lowest BCUT2D eigenvalue weighted by Crippen LogP contribution is -2.30. The van der Waals surface area contributed by atoms with Crippen molar-refractivity contribution in [3.05, 3.63) is 52.0 Å². The lowest BCUT2D eigenvalue weighted by Gasteiger charge is -2.23. The first-order valence-electron chi connectivity index (χ1n) is 5.72. The van der Waals surface area contributed by atoms with Gasteiger partial charge in [0.2, 0.25) is 0 Å². The van der Waals surface area contributed by atoms with Crippen LogP contribution in [-0.2, 0) is 5.60 Å². The van der Waals surface area contributed by atoms with E-state index in [1.165, 1.54) is 23.5 Å². The van der Waals surface area contributed by atoms with Crippen molar-refractivity contribution in [3.63, 3.8) is 0 Å². The van der Waals surface area contributed by atoms with Gasteiger partial charge >= 0.3 is 0 Å². The Hall–Kier alpha value is -1.90. The first-order chi connectivity index (χ1) is 9.04. The van der Waals surface area contributed by atoms with E-state index in [4.69, 9.17) is 5.26 Å². The molecular weight excluding hydrogens is 263 g/mol. The molecule has 98 valence electrons. The summed E-state index contributed by atoms with van der Waals surface area (Å²) in [6, 6.07) is 8.03. The first-order valence-corrected chi connectivity index (χ1v) is 6.66. The Bertz CT molecular complexity index is 602. The van der Waals surface area contributed by atoms with Crippen LogP contribution >= 0.6 is 11.3 Å². The number of aliphatic hydroxyl groups is 1. The minimum Gasteiger partial charge on any atom is -0.384 e. The summed E-state index contributed by atoms with van der Waals surface area (Å²) in [6.45, 7) is 1.87. The number of halogens is 1. The number of rotatable bonds is 4. The van der Waals surface area contributed by atoms with Gasteiger partial charge in [-0.05, 0) is 41.4 Å². The Labute approximate surface area is 114 Å². The molecule has 0 bridgehead atoms. The molecule has 2 rings (SSSR count). The molecule has 0 spiro atoms. The summed E-state index contributed by atoms with van der Waals surface area (Å²) < 4.78 is 13.4. The highest BCUT2D eigenvalue weighted by Gasteiger charge is 2.23. The van der Waals surface area contributed by atoms with E-state index in [0.29, 0.717) is 5.69 Å². The van der Waals surface area contributed by atoms with Gasteiger partial charge in [-0.25, -0.2) is 4.39 Å². The normalized spacial score (nSPS) is 13.6. The summed E-state index contributed by atoms with van der Waals surface area (Å²) >= 11 is 1.50. The number of nitrogens with one attached hydrogen (secondary N) is 1. The second-order valence-electron chi connectivity index (χ2n) is 4.41. The Morgan fingerprint density at radius 1 is 1.47 bits per heavy atom. The van der Waals surface area contributed by atoms with E-state index in [0.717, 1.165) is 5.56 Å². The molecule has 19 heavy (non-hydrogen) atoms.